The van der Waals surface area contributed by atoms with E-state index in [1.165, 1.54) is 21.9 Å². The number of nitrogens with zero attached hydrogens (tertiary/aromatic N) is 3. The Kier molecular flexibility index (Phi) is 5.48. The fourth-order valence-corrected chi connectivity index (χ4v) is 6.21. The maximum Gasteiger partial charge on any atom is 0.328 e. The molecule has 2 amide bonds. The zero-order chi connectivity index (χ0) is 25.9. The molecule has 7 nitrogen and oxygen atoms in total. The van der Waals surface area contributed by atoms with Crippen LogP contribution < -0.4 is 11.0 Å². The Morgan fingerprint density at radius 2 is 1.76 bits per heavy atom. The smallest absolute Gasteiger partial charge is 0.328 e. The van der Waals surface area contributed by atoms with Gasteiger partial charge < -0.3 is 10.2 Å². The number of aromatic nitrogens is 2. The normalized spacial score (nSPS) is 20.7. The second-order valence-electron chi connectivity index (χ2n) is 10.8. The highest BCUT2D eigenvalue weighted by Crippen LogP contribution is 2.58. The Morgan fingerprint density at radius 1 is 1.00 bits per heavy atom. The molecule has 7 heteroatoms. The van der Waals surface area contributed by atoms with E-state index in [4.69, 9.17) is 0 Å². The van der Waals surface area contributed by atoms with Crippen molar-refractivity contribution in [2.45, 2.75) is 32.6 Å². The molecule has 0 spiro atoms. The number of likely N-dealkylation sites (tertiary alicyclic amines) is 1. The third kappa shape index (κ3) is 3.84. The minimum atomic E-state index is -0.387. The van der Waals surface area contributed by atoms with Crippen molar-refractivity contribution in [2.75, 3.05) is 18.4 Å². The zero-order valence-electron chi connectivity index (χ0n) is 21.6. The number of carbonyl (C=O) groups excluding carboxylic acids is 2. The zero-order valence-corrected chi connectivity index (χ0v) is 21.6. The summed E-state index contributed by atoms with van der Waals surface area (Å²) in [4.78, 5) is 40.5. The number of aryl methyl sites for hydroxylation is 4. The molecule has 3 aromatic carbocycles. The van der Waals surface area contributed by atoms with E-state index < -0.39 is 0 Å². The maximum absolute atomic E-state index is 13.3. The first-order chi connectivity index (χ1) is 17.8. The fraction of sp³-hybridized carbons (Fsp3) is 0.367. The number of benzene rings is 3. The number of imidazole rings is 1. The predicted molar refractivity (Wildman–Crippen MR) is 146 cm³/mol. The van der Waals surface area contributed by atoms with Gasteiger partial charge in [-0.2, -0.15) is 0 Å². The molecule has 1 aliphatic heterocycles. The second-order valence-corrected chi connectivity index (χ2v) is 10.8. The first kappa shape index (κ1) is 23.5. The van der Waals surface area contributed by atoms with Crippen LogP contribution in [0.25, 0.3) is 21.8 Å². The number of hydrogen-bond donors (Lipinski definition) is 1. The molecule has 6 rings (SSSR count). The molecule has 1 aliphatic carbocycles. The van der Waals surface area contributed by atoms with Crippen molar-refractivity contribution in [3.05, 3.63) is 76.2 Å². The average molecular weight is 497 g/mol. The Hall–Kier alpha value is -3.87. The summed E-state index contributed by atoms with van der Waals surface area (Å²) >= 11 is 0. The van der Waals surface area contributed by atoms with Gasteiger partial charge in [0.2, 0.25) is 11.8 Å². The Labute approximate surface area is 215 Å². The summed E-state index contributed by atoms with van der Waals surface area (Å²) in [6, 6.07) is 18.2. The van der Waals surface area contributed by atoms with E-state index in [9.17, 15) is 14.4 Å². The lowest BCUT2D eigenvalue weighted by molar-refractivity contribution is -0.134. The largest absolute Gasteiger partial charge is 0.342 e. The molecule has 0 radical (unpaired) electrons. The van der Waals surface area contributed by atoms with E-state index in [0.29, 0.717) is 31.6 Å². The number of rotatable bonds is 5. The van der Waals surface area contributed by atoms with Crippen LogP contribution in [0.15, 0.2) is 59.4 Å². The lowest BCUT2D eigenvalue weighted by atomic mass is 9.93. The number of piperidine rings is 1. The Morgan fingerprint density at radius 3 is 2.54 bits per heavy atom. The SMILES string of the molecule is Cc1ccc(CCC(=O)N2CCC3(C(=O)Nc4ccc5c(c4)n(C)c(=O)n5C)CC3C2)c2ccccc12. The summed E-state index contributed by atoms with van der Waals surface area (Å²) in [5.41, 5.74) is 4.30. The molecule has 2 fully saturated rings. The molecule has 1 saturated heterocycles. The van der Waals surface area contributed by atoms with Crippen molar-refractivity contribution in [3.63, 3.8) is 0 Å². The van der Waals surface area contributed by atoms with Crippen LogP contribution in [0, 0.1) is 18.3 Å². The van der Waals surface area contributed by atoms with Gasteiger partial charge in [0.1, 0.15) is 0 Å². The van der Waals surface area contributed by atoms with E-state index in [2.05, 4.69) is 48.6 Å². The van der Waals surface area contributed by atoms with Crippen LogP contribution >= 0.6 is 0 Å². The van der Waals surface area contributed by atoms with Gasteiger partial charge >= 0.3 is 5.69 Å². The third-order valence-electron chi connectivity index (χ3n) is 8.68. The monoisotopic (exact) mass is 496 g/mol. The van der Waals surface area contributed by atoms with Gasteiger partial charge in [-0.3, -0.25) is 18.7 Å². The molecular weight excluding hydrogens is 464 g/mol. The topological polar surface area (TPSA) is 76.3 Å². The number of amides is 2. The van der Waals surface area contributed by atoms with Crippen molar-refractivity contribution >= 4 is 39.3 Å². The minimum absolute atomic E-state index is 0.0241. The van der Waals surface area contributed by atoms with Crippen LogP contribution in [-0.4, -0.2) is 38.9 Å². The lowest BCUT2D eigenvalue weighted by Crippen LogP contribution is -2.42. The van der Waals surface area contributed by atoms with Crippen molar-refractivity contribution in [3.8, 4) is 0 Å². The van der Waals surface area contributed by atoms with Crippen LogP contribution in [0.1, 0.15) is 30.4 Å². The quantitative estimate of drug-likeness (QED) is 0.451. The summed E-state index contributed by atoms with van der Waals surface area (Å²) in [5.74, 6) is 0.396. The molecule has 2 aliphatic rings. The van der Waals surface area contributed by atoms with Gasteiger partial charge in [-0.1, -0.05) is 36.4 Å². The summed E-state index contributed by atoms with van der Waals surface area (Å²) in [5, 5.41) is 5.55. The van der Waals surface area contributed by atoms with Gasteiger partial charge in [-0.05, 0) is 72.2 Å². The summed E-state index contributed by atoms with van der Waals surface area (Å²) < 4.78 is 3.19. The van der Waals surface area contributed by atoms with Crippen LogP contribution in [0.2, 0.25) is 0 Å². The van der Waals surface area contributed by atoms with Gasteiger partial charge in [0.05, 0.1) is 16.4 Å². The highest BCUT2D eigenvalue weighted by Gasteiger charge is 2.62. The lowest BCUT2D eigenvalue weighted by Gasteiger charge is -2.31. The molecule has 1 N–H and O–H groups in total. The van der Waals surface area contributed by atoms with Gasteiger partial charge in [0, 0.05) is 39.3 Å². The fourth-order valence-electron chi connectivity index (χ4n) is 6.21. The van der Waals surface area contributed by atoms with Gasteiger partial charge in [0.15, 0.2) is 0 Å². The summed E-state index contributed by atoms with van der Waals surface area (Å²) in [7, 11) is 3.48. The number of fused-ring (bicyclic) bond motifs is 3. The van der Waals surface area contributed by atoms with Crippen LogP contribution in [0.3, 0.4) is 0 Å². The molecule has 37 heavy (non-hydrogen) atoms. The van der Waals surface area contributed by atoms with E-state index in [-0.39, 0.29) is 28.8 Å². The Balaban J connectivity index is 1.09. The number of nitrogens with one attached hydrogen (secondary N) is 1. The Bertz CT molecular complexity index is 1630. The van der Waals surface area contributed by atoms with Crippen LogP contribution in [0.5, 0.6) is 0 Å². The third-order valence-corrected chi connectivity index (χ3v) is 8.68. The number of carbonyl (C=O) groups is 2. The first-order valence-electron chi connectivity index (χ1n) is 13.0. The number of hydrogen-bond acceptors (Lipinski definition) is 3. The average Bonchev–Trinajstić information content (AvgIpc) is 3.62. The van der Waals surface area contributed by atoms with E-state index >= 15 is 0 Å². The van der Waals surface area contributed by atoms with Crippen molar-refractivity contribution in [2.24, 2.45) is 25.4 Å². The molecule has 2 atom stereocenters. The van der Waals surface area contributed by atoms with Crippen molar-refractivity contribution in [1.29, 1.82) is 0 Å². The van der Waals surface area contributed by atoms with Crippen LogP contribution in [0.4, 0.5) is 5.69 Å². The second kappa shape index (κ2) is 8.61. The van der Waals surface area contributed by atoms with E-state index in [0.717, 1.165) is 23.9 Å². The van der Waals surface area contributed by atoms with E-state index in [1.54, 1.807) is 23.2 Å². The van der Waals surface area contributed by atoms with Crippen molar-refractivity contribution < 1.29 is 9.59 Å². The molecule has 190 valence electrons. The molecule has 4 aromatic rings. The van der Waals surface area contributed by atoms with Gasteiger partial charge in [-0.25, -0.2) is 4.79 Å². The predicted octanol–water partition coefficient (Wildman–Crippen LogP) is 4.15. The molecule has 2 heterocycles. The van der Waals surface area contributed by atoms with Crippen molar-refractivity contribution in [1.82, 2.24) is 14.0 Å². The molecule has 0 bridgehead atoms. The number of anilines is 1. The maximum atomic E-state index is 13.3. The highest BCUT2D eigenvalue weighted by atomic mass is 16.2. The van der Waals surface area contributed by atoms with E-state index in [1.807, 2.05) is 23.1 Å². The highest BCUT2D eigenvalue weighted by molar-refractivity contribution is 5.99. The summed E-state index contributed by atoms with van der Waals surface area (Å²) in [6.07, 6.45) is 2.71. The molecular formula is C30H32N4O3. The van der Waals surface area contributed by atoms with Crippen LogP contribution in [-0.2, 0) is 30.1 Å². The molecule has 1 aromatic heterocycles. The first-order valence-corrected chi connectivity index (χ1v) is 13.0. The minimum Gasteiger partial charge on any atom is -0.342 e. The van der Waals surface area contributed by atoms with Gasteiger partial charge in [0.25, 0.3) is 0 Å². The summed E-state index contributed by atoms with van der Waals surface area (Å²) in [6.45, 7) is 3.38. The standard InChI is InChI=1S/C30H32N4O3/c1-19-8-9-20(24-7-5-4-6-23(19)24)10-13-27(35)34-15-14-30(17-21(30)18-34)28(36)31-22-11-12-25-26(16-22)33(3)29(37)32(25)2/h4-9,11-12,16,21H,10,13-15,17-18H2,1-3H3,(H,31,36). The van der Waals surface area contributed by atoms with Gasteiger partial charge in [-0.15, -0.1) is 0 Å². The molecule has 1 saturated carbocycles. The molecule has 2 unspecified atom stereocenters.